The predicted molar refractivity (Wildman–Crippen MR) is 149 cm³/mol. The fourth-order valence-corrected chi connectivity index (χ4v) is 5.81. The van der Waals surface area contributed by atoms with Crippen LogP contribution < -0.4 is 0 Å². The average Bonchev–Trinajstić information content (AvgIpc) is 3.53. The maximum absolute atomic E-state index is 15.2. The van der Waals surface area contributed by atoms with E-state index in [0.29, 0.717) is 32.6 Å². The molecule has 204 valence electrons. The number of nitriles is 3. The van der Waals surface area contributed by atoms with Crippen molar-refractivity contribution in [2.45, 2.75) is 0 Å². The van der Waals surface area contributed by atoms with E-state index < -0.39 is 34.8 Å². The molecule has 7 aromatic rings. The highest BCUT2D eigenvalue weighted by molar-refractivity contribution is 6.19. The van der Waals surface area contributed by atoms with Gasteiger partial charge in [-0.15, -0.1) is 0 Å². The molecule has 0 radical (unpaired) electrons. The van der Waals surface area contributed by atoms with E-state index in [9.17, 15) is 29.0 Å². The molecule has 2 aromatic heterocycles. The van der Waals surface area contributed by atoms with Crippen LogP contribution in [-0.4, -0.2) is 9.13 Å². The van der Waals surface area contributed by atoms with Crippen LogP contribution in [0.25, 0.3) is 55.0 Å². The third-order valence-electron chi connectivity index (χ3n) is 7.58. The number of para-hydroxylation sites is 2. The number of halogens is 5. The fraction of sp³-hybridized carbons (Fsp3) is 0. The highest BCUT2D eigenvalue weighted by Gasteiger charge is 2.29. The Hall–Kier alpha value is -6.18. The van der Waals surface area contributed by atoms with Crippen LogP contribution in [0.5, 0.6) is 0 Å². The van der Waals surface area contributed by atoms with E-state index in [2.05, 4.69) is 12.1 Å². The molecule has 0 aliphatic rings. The standard InChI is InChI=1S/C33H12F5N5/c34-27-28(35)30(37)33(31(38)29(27)36)43-24-8-4-2-6-20(24)22-11-25-21(12-26(22)43)19-5-1-3-7-23(19)42(25)32-17(14-40)9-16(13-39)10-18(32)15-41/h1-12H. The number of hydrogen-bond donors (Lipinski definition) is 0. The Morgan fingerprint density at radius 1 is 0.442 bits per heavy atom. The molecule has 5 nitrogen and oxygen atoms in total. The maximum Gasteiger partial charge on any atom is 0.200 e. The van der Waals surface area contributed by atoms with E-state index in [-0.39, 0.29) is 33.4 Å². The van der Waals surface area contributed by atoms with Crippen molar-refractivity contribution in [1.29, 1.82) is 15.8 Å². The monoisotopic (exact) mass is 573 g/mol. The van der Waals surface area contributed by atoms with Crippen LogP contribution >= 0.6 is 0 Å². The van der Waals surface area contributed by atoms with Gasteiger partial charge in [0.25, 0.3) is 0 Å². The summed E-state index contributed by atoms with van der Waals surface area (Å²) in [7, 11) is 0. The molecule has 0 unspecified atom stereocenters. The van der Waals surface area contributed by atoms with E-state index >= 15 is 8.78 Å². The zero-order valence-electron chi connectivity index (χ0n) is 21.6. The van der Waals surface area contributed by atoms with Crippen LogP contribution in [0, 0.1) is 63.1 Å². The van der Waals surface area contributed by atoms with Gasteiger partial charge in [0.15, 0.2) is 23.3 Å². The van der Waals surface area contributed by atoms with Gasteiger partial charge >= 0.3 is 0 Å². The molecule has 5 aromatic carbocycles. The number of fused-ring (bicyclic) bond motifs is 6. The van der Waals surface area contributed by atoms with E-state index in [1.165, 1.54) is 18.2 Å². The minimum Gasteiger partial charge on any atom is -0.307 e. The molecule has 0 N–H and O–H groups in total. The van der Waals surface area contributed by atoms with Gasteiger partial charge in [0, 0.05) is 21.5 Å². The smallest absolute Gasteiger partial charge is 0.200 e. The van der Waals surface area contributed by atoms with Crippen molar-refractivity contribution in [3.63, 3.8) is 0 Å². The van der Waals surface area contributed by atoms with Crippen molar-refractivity contribution in [3.8, 4) is 29.6 Å². The number of benzene rings is 5. The molecule has 0 aliphatic carbocycles. The largest absolute Gasteiger partial charge is 0.307 e. The topological polar surface area (TPSA) is 81.2 Å². The van der Waals surface area contributed by atoms with Gasteiger partial charge in [-0.2, -0.15) is 15.8 Å². The van der Waals surface area contributed by atoms with Crippen molar-refractivity contribution < 1.29 is 22.0 Å². The van der Waals surface area contributed by atoms with Crippen LogP contribution in [0.3, 0.4) is 0 Å². The summed E-state index contributed by atoms with van der Waals surface area (Å²) in [5.74, 6) is -10.3. The summed E-state index contributed by atoms with van der Waals surface area (Å²) in [6.45, 7) is 0. The lowest BCUT2D eigenvalue weighted by atomic mass is 10.0. The Balaban J connectivity index is 1.71. The summed E-state index contributed by atoms with van der Waals surface area (Å²) in [6, 6.07) is 25.6. The Bertz CT molecular complexity index is 2440. The molecule has 0 bridgehead atoms. The Morgan fingerprint density at radius 3 is 1.30 bits per heavy atom. The third kappa shape index (κ3) is 3.40. The average molecular weight is 573 g/mol. The van der Waals surface area contributed by atoms with Crippen LogP contribution in [-0.2, 0) is 0 Å². The molecule has 0 amide bonds. The second-order valence-electron chi connectivity index (χ2n) is 9.77. The summed E-state index contributed by atoms with van der Waals surface area (Å²) < 4.78 is 75.9. The number of rotatable bonds is 2. The first-order valence-corrected chi connectivity index (χ1v) is 12.7. The van der Waals surface area contributed by atoms with Gasteiger partial charge in [-0.25, -0.2) is 22.0 Å². The molecule has 0 atom stereocenters. The molecule has 0 saturated carbocycles. The van der Waals surface area contributed by atoms with Crippen LogP contribution in [0.2, 0.25) is 0 Å². The highest BCUT2D eigenvalue weighted by Crippen LogP contribution is 2.41. The minimum absolute atomic E-state index is 0.0715. The predicted octanol–water partition coefficient (Wildman–Crippen LogP) is 8.19. The lowest BCUT2D eigenvalue weighted by molar-refractivity contribution is 0.376. The van der Waals surface area contributed by atoms with Gasteiger partial charge < -0.3 is 9.13 Å². The summed E-state index contributed by atoms with van der Waals surface area (Å²) in [5, 5.41) is 31.5. The fourth-order valence-electron chi connectivity index (χ4n) is 5.81. The van der Waals surface area contributed by atoms with Gasteiger partial charge in [0.1, 0.15) is 17.8 Å². The lowest BCUT2D eigenvalue weighted by Crippen LogP contribution is -2.09. The maximum atomic E-state index is 15.2. The van der Waals surface area contributed by atoms with Gasteiger partial charge in [-0.1, -0.05) is 36.4 Å². The molecule has 0 fully saturated rings. The second kappa shape index (κ2) is 9.17. The molecular formula is C33H12F5N5. The zero-order valence-corrected chi connectivity index (χ0v) is 21.6. The Labute approximate surface area is 238 Å². The number of hydrogen-bond acceptors (Lipinski definition) is 3. The van der Waals surface area contributed by atoms with Gasteiger partial charge in [-0.05, 0) is 36.4 Å². The van der Waals surface area contributed by atoms with E-state index in [0.717, 1.165) is 4.57 Å². The Morgan fingerprint density at radius 2 is 0.860 bits per heavy atom. The summed E-state index contributed by atoms with van der Waals surface area (Å²) in [5.41, 5.74) is 0.838. The van der Waals surface area contributed by atoms with Crippen molar-refractivity contribution in [2.24, 2.45) is 0 Å². The van der Waals surface area contributed by atoms with Crippen LogP contribution in [0.1, 0.15) is 16.7 Å². The van der Waals surface area contributed by atoms with Crippen molar-refractivity contribution >= 4 is 43.6 Å². The molecule has 0 aliphatic heterocycles. The summed E-state index contributed by atoms with van der Waals surface area (Å²) in [6.07, 6.45) is 0. The SMILES string of the molecule is N#Cc1cc(C#N)c(-n2c3ccccc3c3cc4c(cc32)c2ccccc2n4-c2c(F)c(F)c(F)c(F)c2F)c(C#N)c1. The first-order valence-electron chi connectivity index (χ1n) is 12.7. The van der Waals surface area contributed by atoms with Gasteiger partial charge in [-0.3, -0.25) is 0 Å². The summed E-state index contributed by atoms with van der Waals surface area (Å²) in [4.78, 5) is 0. The van der Waals surface area contributed by atoms with Gasteiger partial charge in [0.05, 0.1) is 50.5 Å². The van der Waals surface area contributed by atoms with E-state index in [1.54, 1.807) is 59.2 Å². The van der Waals surface area contributed by atoms with Gasteiger partial charge in [0.2, 0.25) is 5.82 Å². The van der Waals surface area contributed by atoms with E-state index in [4.69, 9.17) is 0 Å². The number of aromatic nitrogens is 2. The highest BCUT2D eigenvalue weighted by atomic mass is 19.2. The number of nitrogens with zero attached hydrogens (tertiary/aromatic N) is 5. The van der Waals surface area contributed by atoms with Crippen LogP contribution in [0.15, 0.2) is 72.8 Å². The molecule has 0 spiro atoms. The molecule has 2 heterocycles. The van der Waals surface area contributed by atoms with Crippen molar-refractivity contribution in [1.82, 2.24) is 9.13 Å². The Kier molecular flexibility index (Phi) is 5.49. The summed E-state index contributed by atoms with van der Waals surface area (Å²) >= 11 is 0. The van der Waals surface area contributed by atoms with Crippen molar-refractivity contribution in [3.05, 3.63) is 119 Å². The second-order valence-corrected chi connectivity index (χ2v) is 9.77. The van der Waals surface area contributed by atoms with E-state index in [1.807, 2.05) is 6.07 Å². The van der Waals surface area contributed by atoms with Crippen molar-refractivity contribution in [2.75, 3.05) is 0 Å². The first kappa shape index (κ1) is 25.8. The zero-order chi connectivity index (χ0) is 30.2. The molecule has 7 rings (SSSR count). The molecule has 0 saturated heterocycles. The normalized spacial score (nSPS) is 11.3. The molecular weight excluding hydrogens is 561 g/mol. The minimum atomic E-state index is -2.26. The first-order chi connectivity index (χ1) is 20.8. The lowest BCUT2D eigenvalue weighted by Gasteiger charge is -2.13. The quantitative estimate of drug-likeness (QED) is 0.119. The molecule has 43 heavy (non-hydrogen) atoms. The third-order valence-corrected chi connectivity index (χ3v) is 7.58. The molecule has 10 heteroatoms. The van der Waals surface area contributed by atoms with Crippen LogP contribution in [0.4, 0.5) is 22.0 Å².